The van der Waals surface area contributed by atoms with Gasteiger partial charge in [-0.3, -0.25) is 4.90 Å². The quantitative estimate of drug-likeness (QED) is 0.853. The predicted octanol–water partition coefficient (Wildman–Crippen LogP) is 2.17. The van der Waals surface area contributed by atoms with Gasteiger partial charge in [-0.15, -0.1) is 0 Å². The van der Waals surface area contributed by atoms with Crippen LogP contribution in [0.5, 0.6) is 0 Å². The summed E-state index contributed by atoms with van der Waals surface area (Å²) in [5.41, 5.74) is 0. The molecule has 5 nitrogen and oxygen atoms in total. The molecule has 0 spiro atoms. The molecule has 1 aliphatic carbocycles. The lowest BCUT2D eigenvalue weighted by Crippen LogP contribution is -2.48. The van der Waals surface area contributed by atoms with Crippen molar-refractivity contribution in [3.63, 3.8) is 0 Å². The standard InChI is InChI=1S/C17H29F2N3O2/c1-13-11-22(12-15(13)21-6-8-24-9-7-21)16(23)20-10-14-2-4-17(18,19)5-3-14/h13-15H,2-12H2,1H3,(H,20,23)/t13-,15-/m1/s1. The Morgan fingerprint density at radius 2 is 1.88 bits per heavy atom. The molecule has 2 aliphatic heterocycles. The highest BCUT2D eigenvalue weighted by atomic mass is 19.3. The largest absolute Gasteiger partial charge is 0.379 e. The van der Waals surface area contributed by atoms with Crippen LogP contribution in [0.3, 0.4) is 0 Å². The van der Waals surface area contributed by atoms with Gasteiger partial charge in [0.1, 0.15) is 0 Å². The van der Waals surface area contributed by atoms with E-state index in [4.69, 9.17) is 4.74 Å². The first-order valence-electron chi connectivity index (χ1n) is 9.17. The molecule has 2 saturated heterocycles. The number of hydrogen-bond donors (Lipinski definition) is 1. The second-order valence-electron chi connectivity index (χ2n) is 7.58. The molecule has 24 heavy (non-hydrogen) atoms. The van der Waals surface area contributed by atoms with E-state index in [1.807, 2.05) is 4.90 Å². The first-order valence-corrected chi connectivity index (χ1v) is 9.17. The average Bonchev–Trinajstić information content (AvgIpc) is 2.96. The number of carbonyl (C=O) groups excluding carboxylic acids is 1. The molecule has 0 bridgehead atoms. The van der Waals surface area contributed by atoms with Crippen molar-refractivity contribution >= 4 is 6.03 Å². The van der Waals surface area contributed by atoms with Crippen molar-refractivity contribution in [2.75, 3.05) is 45.9 Å². The molecular weight excluding hydrogens is 316 g/mol. The molecule has 7 heteroatoms. The van der Waals surface area contributed by atoms with E-state index in [1.165, 1.54) is 0 Å². The van der Waals surface area contributed by atoms with Crippen molar-refractivity contribution in [1.29, 1.82) is 0 Å². The van der Waals surface area contributed by atoms with Crippen LogP contribution in [0.15, 0.2) is 0 Å². The Morgan fingerprint density at radius 3 is 2.54 bits per heavy atom. The van der Waals surface area contributed by atoms with Gasteiger partial charge in [-0.2, -0.15) is 0 Å². The van der Waals surface area contributed by atoms with Crippen LogP contribution in [0, 0.1) is 11.8 Å². The minimum atomic E-state index is -2.50. The number of morpholine rings is 1. The Kier molecular flexibility index (Phi) is 5.59. The van der Waals surface area contributed by atoms with Gasteiger partial charge in [-0.1, -0.05) is 6.92 Å². The second kappa shape index (κ2) is 7.52. The Hall–Kier alpha value is -0.950. The van der Waals surface area contributed by atoms with Gasteiger partial charge in [-0.05, 0) is 24.7 Å². The minimum absolute atomic E-state index is 0.0463. The maximum absolute atomic E-state index is 13.2. The lowest BCUT2D eigenvalue weighted by Gasteiger charge is -2.34. The monoisotopic (exact) mass is 345 g/mol. The molecule has 138 valence electrons. The van der Waals surface area contributed by atoms with E-state index in [0.29, 0.717) is 31.3 Å². The van der Waals surface area contributed by atoms with E-state index in [9.17, 15) is 13.6 Å². The van der Waals surface area contributed by atoms with Gasteiger partial charge in [0, 0.05) is 51.6 Å². The number of amides is 2. The fourth-order valence-corrected chi connectivity index (χ4v) is 4.15. The fourth-order valence-electron chi connectivity index (χ4n) is 4.15. The van der Waals surface area contributed by atoms with E-state index in [2.05, 4.69) is 17.1 Å². The van der Waals surface area contributed by atoms with E-state index < -0.39 is 5.92 Å². The molecule has 0 aromatic carbocycles. The zero-order chi connectivity index (χ0) is 17.2. The third-order valence-electron chi connectivity index (χ3n) is 5.75. The third-order valence-corrected chi connectivity index (χ3v) is 5.75. The third kappa shape index (κ3) is 4.36. The number of likely N-dealkylation sites (tertiary alicyclic amines) is 1. The summed E-state index contributed by atoms with van der Waals surface area (Å²) >= 11 is 0. The summed E-state index contributed by atoms with van der Waals surface area (Å²) in [6, 6.07) is 0.350. The fraction of sp³-hybridized carbons (Fsp3) is 0.941. The first kappa shape index (κ1) is 17.9. The van der Waals surface area contributed by atoms with Crippen molar-refractivity contribution in [3.8, 4) is 0 Å². The number of urea groups is 1. The Labute approximate surface area is 142 Å². The summed E-state index contributed by atoms with van der Waals surface area (Å²) in [5.74, 6) is -1.87. The van der Waals surface area contributed by atoms with E-state index in [-0.39, 0.29) is 24.8 Å². The zero-order valence-electron chi connectivity index (χ0n) is 14.5. The van der Waals surface area contributed by atoms with E-state index in [0.717, 1.165) is 39.4 Å². The summed E-state index contributed by atoms with van der Waals surface area (Å²) < 4.78 is 31.8. The zero-order valence-corrected chi connectivity index (χ0v) is 14.5. The van der Waals surface area contributed by atoms with Crippen LogP contribution >= 0.6 is 0 Å². The number of alkyl halides is 2. The Bertz CT molecular complexity index is 434. The van der Waals surface area contributed by atoms with Crippen LogP contribution < -0.4 is 5.32 Å². The average molecular weight is 345 g/mol. The second-order valence-corrected chi connectivity index (χ2v) is 7.58. The molecule has 3 aliphatic rings. The number of ether oxygens (including phenoxy) is 1. The van der Waals surface area contributed by atoms with Crippen LogP contribution in [0.2, 0.25) is 0 Å². The van der Waals surface area contributed by atoms with Crippen molar-refractivity contribution in [2.45, 2.75) is 44.6 Å². The molecule has 3 fully saturated rings. The smallest absolute Gasteiger partial charge is 0.317 e. The van der Waals surface area contributed by atoms with Gasteiger partial charge < -0.3 is 15.0 Å². The van der Waals surface area contributed by atoms with Gasteiger partial charge in [0.2, 0.25) is 5.92 Å². The molecule has 3 rings (SSSR count). The van der Waals surface area contributed by atoms with Gasteiger partial charge in [0.25, 0.3) is 0 Å². The van der Waals surface area contributed by atoms with Crippen molar-refractivity contribution in [2.24, 2.45) is 11.8 Å². The maximum Gasteiger partial charge on any atom is 0.317 e. The topological polar surface area (TPSA) is 44.8 Å². The predicted molar refractivity (Wildman–Crippen MR) is 87.2 cm³/mol. The number of carbonyl (C=O) groups is 1. The van der Waals surface area contributed by atoms with Crippen molar-refractivity contribution in [1.82, 2.24) is 15.1 Å². The maximum atomic E-state index is 13.2. The number of nitrogens with zero attached hydrogens (tertiary/aromatic N) is 2. The molecule has 0 unspecified atom stereocenters. The summed E-state index contributed by atoms with van der Waals surface area (Å²) in [5, 5.41) is 2.96. The van der Waals surface area contributed by atoms with Gasteiger partial charge in [-0.25, -0.2) is 13.6 Å². The van der Waals surface area contributed by atoms with Crippen LogP contribution in [0.4, 0.5) is 13.6 Å². The Morgan fingerprint density at radius 1 is 1.21 bits per heavy atom. The van der Waals surface area contributed by atoms with Crippen LogP contribution in [0.25, 0.3) is 0 Å². The molecule has 2 atom stereocenters. The van der Waals surface area contributed by atoms with Gasteiger partial charge >= 0.3 is 6.03 Å². The first-order chi connectivity index (χ1) is 11.4. The van der Waals surface area contributed by atoms with Crippen LogP contribution in [0.1, 0.15) is 32.6 Å². The molecule has 1 N–H and O–H groups in total. The number of rotatable bonds is 3. The molecule has 2 amide bonds. The van der Waals surface area contributed by atoms with Crippen molar-refractivity contribution in [3.05, 3.63) is 0 Å². The summed E-state index contributed by atoms with van der Waals surface area (Å²) in [6.07, 6.45) is 0.904. The normalized spacial score (nSPS) is 32.0. The highest BCUT2D eigenvalue weighted by Crippen LogP contribution is 2.35. The molecular formula is C17H29F2N3O2. The molecule has 0 aromatic heterocycles. The molecule has 0 radical (unpaired) electrons. The summed E-state index contributed by atoms with van der Waals surface area (Å²) in [6.45, 7) is 7.61. The molecule has 2 heterocycles. The summed E-state index contributed by atoms with van der Waals surface area (Å²) in [7, 11) is 0. The number of hydrogen-bond acceptors (Lipinski definition) is 3. The molecule has 0 aromatic rings. The highest BCUT2D eigenvalue weighted by Gasteiger charge is 2.38. The number of nitrogens with one attached hydrogen (secondary N) is 1. The van der Waals surface area contributed by atoms with E-state index >= 15 is 0 Å². The molecule has 1 saturated carbocycles. The van der Waals surface area contributed by atoms with Gasteiger partial charge in [0.05, 0.1) is 13.2 Å². The van der Waals surface area contributed by atoms with Crippen LogP contribution in [-0.2, 0) is 4.74 Å². The van der Waals surface area contributed by atoms with Crippen LogP contribution in [-0.4, -0.2) is 73.7 Å². The van der Waals surface area contributed by atoms with Gasteiger partial charge in [0.15, 0.2) is 0 Å². The van der Waals surface area contributed by atoms with Crippen molar-refractivity contribution < 1.29 is 18.3 Å². The minimum Gasteiger partial charge on any atom is -0.379 e. The number of halogens is 2. The highest BCUT2D eigenvalue weighted by molar-refractivity contribution is 5.74. The SMILES string of the molecule is C[C@@H]1CN(C(=O)NCC2CCC(F)(F)CC2)C[C@H]1N1CCOCC1. The van der Waals surface area contributed by atoms with E-state index in [1.54, 1.807) is 0 Å². The summed E-state index contributed by atoms with van der Waals surface area (Å²) in [4.78, 5) is 16.7. The lowest BCUT2D eigenvalue weighted by molar-refractivity contribution is -0.0452. The Balaban J connectivity index is 1.42. The lowest BCUT2D eigenvalue weighted by atomic mass is 9.87.